The number of carbonyl (C=O) groups excluding carboxylic acids is 1. The Bertz CT molecular complexity index is 467. The van der Waals surface area contributed by atoms with E-state index in [9.17, 15) is 4.79 Å². The predicted molar refractivity (Wildman–Crippen MR) is 78.3 cm³/mol. The summed E-state index contributed by atoms with van der Waals surface area (Å²) in [4.78, 5) is 13.0. The second kappa shape index (κ2) is 6.70. The van der Waals surface area contributed by atoms with Gasteiger partial charge in [-0.3, -0.25) is 9.48 Å². The Kier molecular flexibility index (Phi) is 5.18. The van der Waals surface area contributed by atoms with E-state index in [-0.39, 0.29) is 11.2 Å². The van der Waals surface area contributed by atoms with E-state index >= 15 is 0 Å². The number of ether oxygens (including phenoxy) is 1. The summed E-state index contributed by atoms with van der Waals surface area (Å²) in [7, 11) is 1.63. The Balaban J connectivity index is 2.29. The van der Waals surface area contributed by atoms with Gasteiger partial charge < -0.3 is 10.1 Å². The van der Waals surface area contributed by atoms with Gasteiger partial charge in [0, 0.05) is 19.1 Å². The normalized spacial score (nSPS) is 22.4. The number of aromatic nitrogens is 2. The summed E-state index contributed by atoms with van der Waals surface area (Å²) in [6.07, 6.45) is 4.28. The first-order valence-corrected chi connectivity index (χ1v) is 7.48. The highest BCUT2D eigenvalue weighted by atomic mass is 35.5. The fraction of sp³-hybridized carbons (Fsp3) is 0.714. The van der Waals surface area contributed by atoms with Crippen LogP contribution in [0.2, 0.25) is 5.02 Å². The third-order valence-corrected chi connectivity index (χ3v) is 4.25. The van der Waals surface area contributed by atoms with Gasteiger partial charge >= 0.3 is 0 Å². The maximum Gasteiger partial charge on any atom is 0.189 e. The average Bonchev–Trinajstić information content (AvgIpc) is 3.04. The van der Waals surface area contributed by atoms with Crippen LogP contribution in [-0.2, 0) is 11.3 Å². The van der Waals surface area contributed by atoms with Gasteiger partial charge in [0.05, 0.1) is 24.4 Å². The predicted octanol–water partition coefficient (Wildman–Crippen LogP) is 2.15. The molecule has 0 amide bonds. The molecule has 0 aromatic carbocycles. The van der Waals surface area contributed by atoms with E-state index in [2.05, 4.69) is 17.3 Å². The Morgan fingerprint density at radius 1 is 1.65 bits per heavy atom. The molecule has 0 saturated carbocycles. The molecule has 0 bridgehead atoms. The molecule has 1 unspecified atom stereocenters. The highest BCUT2D eigenvalue weighted by Gasteiger charge is 2.42. The SMILES string of the molecule is CCCC1(C(=O)c2c(Cl)cnn2CCOC)CCNC1. The fourth-order valence-electron chi connectivity index (χ4n) is 2.93. The molecule has 1 saturated heterocycles. The van der Waals surface area contributed by atoms with Crippen molar-refractivity contribution in [2.24, 2.45) is 5.41 Å². The topological polar surface area (TPSA) is 56.2 Å². The molecule has 1 aliphatic rings. The molecular formula is C14H22ClN3O2. The summed E-state index contributed by atoms with van der Waals surface area (Å²) in [5.74, 6) is 0.114. The van der Waals surface area contributed by atoms with Gasteiger partial charge in [0.1, 0.15) is 5.69 Å². The smallest absolute Gasteiger partial charge is 0.189 e. The molecule has 0 aliphatic carbocycles. The minimum absolute atomic E-state index is 0.114. The summed E-state index contributed by atoms with van der Waals surface area (Å²) in [5, 5.41) is 7.94. The van der Waals surface area contributed by atoms with Crippen LogP contribution in [0.4, 0.5) is 0 Å². The van der Waals surface area contributed by atoms with Gasteiger partial charge in [-0.15, -0.1) is 0 Å². The summed E-state index contributed by atoms with van der Waals surface area (Å²) < 4.78 is 6.73. The zero-order valence-corrected chi connectivity index (χ0v) is 12.9. The van der Waals surface area contributed by atoms with E-state index in [0.29, 0.717) is 23.9 Å². The number of rotatable bonds is 7. The molecule has 1 fully saturated rings. The van der Waals surface area contributed by atoms with Crippen molar-refractivity contribution in [1.82, 2.24) is 15.1 Å². The number of halogens is 1. The van der Waals surface area contributed by atoms with Crippen LogP contribution in [-0.4, -0.2) is 42.4 Å². The fourth-order valence-corrected chi connectivity index (χ4v) is 3.16. The molecule has 20 heavy (non-hydrogen) atoms. The molecular weight excluding hydrogens is 278 g/mol. The van der Waals surface area contributed by atoms with Crippen molar-refractivity contribution in [2.75, 3.05) is 26.8 Å². The molecule has 0 spiro atoms. The van der Waals surface area contributed by atoms with E-state index in [4.69, 9.17) is 16.3 Å². The Morgan fingerprint density at radius 3 is 3.05 bits per heavy atom. The second-order valence-corrected chi connectivity index (χ2v) is 5.75. The Morgan fingerprint density at radius 2 is 2.45 bits per heavy atom. The number of methoxy groups -OCH3 is 1. The van der Waals surface area contributed by atoms with E-state index in [1.807, 2.05) is 0 Å². The summed E-state index contributed by atoms with van der Waals surface area (Å²) in [6.45, 7) is 4.77. The molecule has 2 rings (SSSR count). The Labute approximate surface area is 124 Å². The largest absolute Gasteiger partial charge is 0.383 e. The zero-order valence-electron chi connectivity index (χ0n) is 12.1. The van der Waals surface area contributed by atoms with Crippen molar-refractivity contribution in [2.45, 2.75) is 32.7 Å². The molecule has 112 valence electrons. The van der Waals surface area contributed by atoms with E-state index in [1.54, 1.807) is 18.0 Å². The van der Waals surface area contributed by atoms with Crippen molar-refractivity contribution in [3.05, 3.63) is 16.9 Å². The highest BCUT2D eigenvalue weighted by Crippen LogP contribution is 2.36. The van der Waals surface area contributed by atoms with Crippen LogP contribution in [0.3, 0.4) is 0 Å². The van der Waals surface area contributed by atoms with Crippen LogP contribution >= 0.6 is 11.6 Å². The first-order valence-electron chi connectivity index (χ1n) is 7.10. The van der Waals surface area contributed by atoms with Crippen LogP contribution < -0.4 is 5.32 Å². The lowest BCUT2D eigenvalue weighted by atomic mass is 9.77. The van der Waals surface area contributed by atoms with Gasteiger partial charge in [-0.25, -0.2) is 0 Å². The second-order valence-electron chi connectivity index (χ2n) is 5.34. The molecule has 0 radical (unpaired) electrons. The van der Waals surface area contributed by atoms with Crippen LogP contribution in [0.25, 0.3) is 0 Å². The minimum atomic E-state index is -0.330. The highest BCUT2D eigenvalue weighted by molar-refractivity contribution is 6.33. The first kappa shape index (κ1) is 15.5. The van der Waals surface area contributed by atoms with E-state index in [0.717, 1.165) is 32.4 Å². The van der Waals surface area contributed by atoms with Crippen molar-refractivity contribution in [3.8, 4) is 0 Å². The number of ketones is 1. The lowest BCUT2D eigenvalue weighted by molar-refractivity contribution is 0.0786. The molecule has 2 heterocycles. The lowest BCUT2D eigenvalue weighted by Gasteiger charge is -2.26. The summed E-state index contributed by atoms with van der Waals surface area (Å²) >= 11 is 6.19. The van der Waals surface area contributed by atoms with Crippen molar-refractivity contribution < 1.29 is 9.53 Å². The van der Waals surface area contributed by atoms with Crippen LogP contribution in [0.5, 0.6) is 0 Å². The number of hydrogen-bond acceptors (Lipinski definition) is 4. The third kappa shape index (κ3) is 2.90. The first-order chi connectivity index (χ1) is 9.64. The quantitative estimate of drug-likeness (QED) is 0.784. The summed E-state index contributed by atoms with van der Waals surface area (Å²) in [6, 6.07) is 0. The zero-order chi connectivity index (χ0) is 14.6. The van der Waals surface area contributed by atoms with Crippen LogP contribution in [0.1, 0.15) is 36.7 Å². The van der Waals surface area contributed by atoms with Crippen LogP contribution in [0, 0.1) is 5.41 Å². The molecule has 5 nitrogen and oxygen atoms in total. The monoisotopic (exact) mass is 299 g/mol. The summed E-state index contributed by atoms with van der Waals surface area (Å²) in [5.41, 5.74) is 0.198. The van der Waals surface area contributed by atoms with Gasteiger partial charge in [-0.05, 0) is 19.4 Å². The molecule has 6 heteroatoms. The van der Waals surface area contributed by atoms with Crippen molar-refractivity contribution >= 4 is 17.4 Å². The molecule has 1 aromatic rings. The van der Waals surface area contributed by atoms with Crippen LogP contribution in [0.15, 0.2) is 6.20 Å². The number of nitrogens with one attached hydrogen (secondary N) is 1. The third-order valence-electron chi connectivity index (χ3n) is 3.97. The lowest BCUT2D eigenvalue weighted by Crippen LogP contribution is -2.35. The van der Waals surface area contributed by atoms with E-state index < -0.39 is 0 Å². The maximum atomic E-state index is 13.0. The minimum Gasteiger partial charge on any atom is -0.383 e. The number of nitrogens with zero attached hydrogens (tertiary/aromatic N) is 2. The standard InChI is InChI=1S/C14H22ClN3O2/c1-3-4-14(5-6-16-10-14)13(19)12-11(15)9-17-18(12)7-8-20-2/h9,16H,3-8,10H2,1-2H3. The molecule has 1 atom stereocenters. The van der Waals surface area contributed by atoms with Crippen molar-refractivity contribution in [1.29, 1.82) is 0 Å². The van der Waals surface area contributed by atoms with Gasteiger partial charge in [-0.2, -0.15) is 5.10 Å². The van der Waals surface area contributed by atoms with Gasteiger partial charge in [0.2, 0.25) is 0 Å². The molecule has 1 aliphatic heterocycles. The van der Waals surface area contributed by atoms with Gasteiger partial charge in [-0.1, -0.05) is 24.9 Å². The molecule has 1 aromatic heterocycles. The average molecular weight is 300 g/mol. The maximum absolute atomic E-state index is 13.0. The number of hydrogen-bond donors (Lipinski definition) is 1. The number of Topliss-reactive ketones (excluding diaryl/α,β-unsaturated/α-hetero) is 1. The molecule has 1 N–H and O–H groups in total. The van der Waals surface area contributed by atoms with Gasteiger partial charge in [0.25, 0.3) is 0 Å². The van der Waals surface area contributed by atoms with Gasteiger partial charge in [0.15, 0.2) is 5.78 Å². The number of carbonyl (C=O) groups is 1. The van der Waals surface area contributed by atoms with E-state index in [1.165, 1.54) is 0 Å². The Hall–Kier alpha value is -0.910. The van der Waals surface area contributed by atoms with Crippen molar-refractivity contribution in [3.63, 3.8) is 0 Å².